The second-order valence-electron chi connectivity index (χ2n) is 5.10. The largest absolute Gasteiger partial charge is 0.215 e. The highest BCUT2D eigenvalue weighted by molar-refractivity contribution is 9.09. The lowest BCUT2D eigenvalue weighted by atomic mass is 9.91. The summed E-state index contributed by atoms with van der Waals surface area (Å²) in [5, 5.41) is 0. The normalized spacial score (nSPS) is 20.4. The molecule has 0 amide bonds. The van der Waals surface area contributed by atoms with Gasteiger partial charge in [0.05, 0.1) is 5.75 Å². The zero-order valence-electron chi connectivity index (χ0n) is 10.6. The van der Waals surface area contributed by atoms with E-state index in [0.717, 1.165) is 25.7 Å². The maximum atomic E-state index is 11.8. The zero-order valence-corrected chi connectivity index (χ0v) is 13.0. The summed E-state index contributed by atoms with van der Waals surface area (Å²) in [7, 11) is -3.04. The minimum absolute atomic E-state index is 0.330. The minimum Gasteiger partial charge on any atom is -0.215 e. The Hall–Kier alpha value is 0.390. The van der Waals surface area contributed by atoms with Gasteiger partial charge in [0.2, 0.25) is 10.0 Å². The van der Waals surface area contributed by atoms with Crippen molar-refractivity contribution in [3.8, 4) is 0 Å². The van der Waals surface area contributed by atoms with Gasteiger partial charge in [-0.3, -0.25) is 0 Å². The summed E-state index contributed by atoms with van der Waals surface area (Å²) in [5.74, 6) is 0.716. The molecule has 1 rings (SSSR count). The molecule has 0 spiro atoms. The number of halogens is 1. The molecule has 102 valence electrons. The Bertz CT molecular complexity index is 298. The van der Waals surface area contributed by atoms with E-state index in [1.807, 2.05) is 0 Å². The second kappa shape index (κ2) is 7.74. The van der Waals surface area contributed by atoms with Crippen LogP contribution in [0.25, 0.3) is 0 Å². The van der Waals surface area contributed by atoms with Crippen LogP contribution in [-0.4, -0.2) is 25.5 Å². The third-order valence-electron chi connectivity index (χ3n) is 3.28. The molecule has 1 aliphatic rings. The molecule has 0 aromatic rings. The van der Waals surface area contributed by atoms with E-state index in [9.17, 15) is 8.42 Å². The van der Waals surface area contributed by atoms with Crippen molar-refractivity contribution < 1.29 is 8.42 Å². The predicted octanol–water partition coefficient (Wildman–Crippen LogP) is 3.05. The Morgan fingerprint density at radius 3 is 2.53 bits per heavy atom. The summed E-state index contributed by atoms with van der Waals surface area (Å²) in [4.78, 5) is 0.463. The topological polar surface area (TPSA) is 46.2 Å². The standard InChI is InChI=1S/C12H24BrNO2S/c1-11(13)6-5-9-14-17(15,16)10-12-7-3-2-4-8-12/h11-12,14H,2-10H2,1H3. The second-order valence-corrected chi connectivity index (χ2v) is 8.52. The molecule has 1 atom stereocenters. The summed E-state index contributed by atoms with van der Waals surface area (Å²) in [6.45, 7) is 2.65. The van der Waals surface area contributed by atoms with Crippen LogP contribution in [0.15, 0.2) is 0 Å². The molecule has 5 heteroatoms. The van der Waals surface area contributed by atoms with Gasteiger partial charge in [0.1, 0.15) is 0 Å². The lowest BCUT2D eigenvalue weighted by Crippen LogP contribution is -2.31. The van der Waals surface area contributed by atoms with Gasteiger partial charge in [-0.1, -0.05) is 42.1 Å². The van der Waals surface area contributed by atoms with Gasteiger partial charge in [-0.25, -0.2) is 13.1 Å². The van der Waals surface area contributed by atoms with Crippen molar-refractivity contribution >= 4 is 26.0 Å². The molecule has 0 heterocycles. The van der Waals surface area contributed by atoms with Gasteiger partial charge in [0, 0.05) is 11.4 Å². The molecular weight excluding hydrogens is 302 g/mol. The van der Waals surface area contributed by atoms with Crippen molar-refractivity contribution in [3.63, 3.8) is 0 Å². The fourth-order valence-corrected chi connectivity index (χ4v) is 4.18. The van der Waals surface area contributed by atoms with E-state index >= 15 is 0 Å². The van der Waals surface area contributed by atoms with E-state index in [-0.39, 0.29) is 0 Å². The van der Waals surface area contributed by atoms with E-state index in [2.05, 4.69) is 27.6 Å². The maximum Gasteiger partial charge on any atom is 0.211 e. The molecule has 0 saturated heterocycles. The van der Waals surface area contributed by atoms with Crippen LogP contribution >= 0.6 is 15.9 Å². The molecule has 1 aliphatic carbocycles. The van der Waals surface area contributed by atoms with Crippen LogP contribution < -0.4 is 4.72 Å². The van der Waals surface area contributed by atoms with Crippen molar-refractivity contribution in [1.29, 1.82) is 0 Å². The molecule has 0 aromatic carbocycles. The molecule has 1 fully saturated rings. The average molecular weight is 326 g/mol. The first-order valence-electron chi connectivity index (χ1n) is 6.61. The summed E-state index contributed by atoms with van der Waals surface area (Å²) in [5.41, 5.74) is 0. The zero-order chi connectivity index (χ0) is 12.7. The molecule has 1 unspecified atom stereocenters. The van der Waals surface area contributed by atoms with Crippen LogP contribution in [0.4, 0.5) is 0 Å². The molecule has 0 radical (unpaired) electrons. The molecule has 0 aromatic heterocycles. The first kappa shape index (κ1) is 15.4. The van der Waals surface area contributed by atoms with Crippen LogP contribution in [-0.2, 0) is 10.0 Å². The van der Waals surface area contributed by atoms with Gasteiger partial charge in [-0.05, 0) is 31.6 Å². The van der Waals surface area contributed by atoms with Crippen molar-refractivity contribution in [2.75, 3.05) is 12.3 Å². The van der Waals surface area contributed by atoms with E-state index in [1.165, 1.54) is 19.3 Å². The molecule has 3 nitrogen and oxygen atoms in total. The van der Waals surface area contributed by atoms with Crippen LogP contribution in [0.2, 0.25) is 0 Å². The maximum absolute atomic E-state index is 11.8. The van der Waals surface area contributed by atoms with Crippen molar-refractivity contribution in [1.82, 2.24) is 4.72 Å². The van der Waals surface area contributed by atoms with Gasteiger partial charge in [-0.15, -0.1) is 0 Å². The quantitative estimate of drug-likeness (QED) is 0.577. The number of nitrogens with one attached hydrogen (secondary N) is 1. The third kappa shape index (κ3) is 7.42. The summed E-state index contributed by atoms with van der Waals surface area (Å²) in [6.07, 6.45) is 7.73. The van der Waals surface area contributed by atoms with Gasteiger partial charge < -0.3 is 0 Å². The van der Waals surface area contributed by atoms with Crippen LogP contribution in [0.1, 0.15) is 51.9 Å². The molecular formula is C12H24BrNO2S. The Morgan fingerprint density at radius 2 is 1.94 bits per heavy atom. The molecule has 1 N–H and O–H groups in total. The van der Waals surface area contributed by atoms with Crippen LogP contribution in [0, 0.1) is 5.92 Å². The van der Waals surface area contributed by atoms with Gasteiger partial charge in [0.25, 0.3) is 0 Å². The Balaban J connectivity index is 2.20. The van der Waals surface area contributed by atoms with Crippen molar-refractivity contribution in [2.45, 2.75) is 56.7 Å². The number of rotatable bonds is 7. The first-order chi connectivity index (χ1) is 7.99. The number of alkyl halides is 1. The molecule has 1 saturated carbocycles. The van der Waals surface area contributed by atoms with Crippen molar-refractivity contribution in [2.24, 2.45) is 5.92 Å². The van der Waals surface area contributed by atoms with E-state index in [1.54, 1.807) is 0 Å². The summed E-state index contributed by atoms with van der Waals surface area (Å²) < 4.78 is 26.4. The monoisotopic (exact) mass is 325 g/mol. The average Bonchev–Trinajstić information content (AvgIpc) is 2.25. The molecule has 17 heavy (non-hydrogen) atoms. The SMILES string of the molecule is CC(Br)CCCNS(=O)(=O)CC1CCCCC1. The smallest absolute Gasteiger partial charge is 0.211 e. The fraction of sp³-hybridized carbons (Fsp3) is 1.00. The highest BCUT2D eigenvalue weighted by atomic mass is 79.9. The van der Waals surface area contributed by atoms with Gasteiger partial charge >= 0.3 is 0 Å². The summed E-state index contributed by atoms with van der Waals surface area (Å²) >= 11 is 3.46. The number of sulfonamides is 1. The van der Waals surface area contributed by atoms with Crippen LogP contribution in [0.5, 0.6) is 0 Å². The molecule has 0 bridgehead atoms. The van der Waals surface area contributed by atoms with Gasteiger partial charge in [-0.2, -0.15) is 0 Å². The van der Waals surface area contributed by atoms with Crippen molar-refractivity contribution in [3.05, 3.63) is 0 Å². The third-order valence-corrected chi connectivity index (χ3v) is 5.29. The highest BCUT2D eigenvalue weighted by Crippen LogP contribution is 2.24. The lowest BCUT2D eigenvalue weighted by molar-refractivity contribution is 0.384. The minimum atomic E-state index is -3.04. The Morgan fingerprint density at radius 1 is 1.29 bits per heavy atom. The van der Waals surface area contributed by atoms with Crippen LogP contribution in [0.3, 0.4) is 0 Å². The van der Waals surface area contributed by atoms with E-state index in [4.69, 9.17) is 0 Å². The lowest BCUT2D eigenvalue weighted by Gasteiger charge is -2.21. The first-order valence-corrected chi connectivity index (χ1v) is 9.18. The van der Waals surface area contributed by atoms with E-state index < -0.39 is 10.0 Å². The van der Waals surface area contributed by atoms with E-state index in [0.29, 0.717) is 23.0 Å². The summed E-state index contributed by atoms with van der Waals surface area (Å²) in [6, 6.07) is 0. The number of hydrogen-bond donors (Lipinski definition) is 1. The number of hydrogen-bond acceptors (Lipinski definition) is 2. The van der Waals surface area contributed by atoms with Gasteiger partial charge in [0.15, 0.2) is 0 Å². The Kier molecular flexibility index (Phi) is 7.04. The molecule has 0 aliphatic heterocycles. The predicted molar refractivity (Wildman–Crippen MR) is 76.0 cm³/mol. The fourth-order valence-electron chi connectivity index (χ4n) is 2.33. The Labute approximate surface area is 114 Å². The highest BCUT2D eigenvalue weighted by Gasteiger charge is 2.20.